The van der Waals surface area contributed by atoms with Crippen LogP contribution < -0.4 is 0 Å². The van der Waals surface area contributed by atoms with Crippen molar-refractivity contribution in [2.75, 3.05) is 0 Å². The molecule has 0 aromatic heterocycles. The second-order valence-corrected chi connectivity index (χ2v) is 4.77. The van der Waals surface area contributed by atoms with Crippen molar-refractivity contribution in [3.63, 3.8) is 0 Å². The monoisotopic (exact) mass is 199 g/mol. The highest BCUT2D eigenvalue weighted by molar-refractivity contribution is 5.42. The van der Waals surface area contributed by atoms with E-state index in [1.165, 1.54) is 5.56 Å². The van der Waals surface area contributed by atoms with Gasteiger partial charge in [0, 0.05) is 5.41 Å². The molecule has 3 atom stereocenters. The van der Waals surface area contributed by atoms with Gasteiger partial charge in [-0.1, -0.05) is 12.1 Å². The highest BCUT2D eigenvalue weighted by Gasteiger charge is 2.62. The average Bonchev–Trinajstić information content (AvgIpc) is 2.95. The normalized spacial score (nSPS) is 37.1. The third-order valence-electron chi connectivity index (χ3n) is 4.05. The summed E-state index contributed by atoms with van der Waals surface area (Å²) in [5.74, 6) is 0.450. The average molecular weight is 199 g/mol. The maximum atomic E-state index is 9.73. The number of hydrogen-bond donors (Lipinski definition) is 1. The Kier molecular flexibility index (Phi) is 1.69. The molecule has 0 radical (unpaired) electrons. The van der Waals surface area contributed by atoms with Crippen molar-refractivity contribution in [2.24, 2.45) is 5.92 Å². The molecule has 0 aliphatic heterocycles. The molecule has 2 aliphatic rings. The van der Waals surface area contributed by atoms with Crippen molar-refractivity contribution < 1.29 is 5.11 Å². The Morgan fingerprint density at radius 1 is 1.47 bits per heavy atom. The van der Waals surface area contributed by atoms with E-state index in [-0.39, 0.29) is 11.5 Å². The lowest BCUT2D eigenvalue weighted by Crippen LogP contribution is -2.07. The topological polar surface area (TPSA) is 44.0 Å². The van der Waals surface area contributed by atoms with Crippen LogP contribution in [0.5, 0.6) is 0 Å². The molecular formula is C13H13NO. The molecule has 3 unspecified atom stereocenters. The van der Waals surface area contributed by atoms with Crippen molar-refractivity contribution in [1.82, 2.24) is 0 Å². The number of aliphatic hydroxyl groups is 1. The van der Waals surface area contributed by atoms with Crippen LogP contribution in [0.15, 0.2) is 24.3 Å². The lowest BCUT2D eigenvalue weighted by Gasteiger charge is -2.11. The molecule has 1 N–H and O–H groups in total. The molecule has 2 heteroatoms. The van der Waals surface area contributed by atoms with Crippen LogP contribution in [0.4, 0.5) is 0 Å². The molecule has 15 heavy (non-hydrogen) atoms. The number of aliphatic hydroxyl groups excluding tert-OH is 1. The second kappa shape index (κ2) is 2.84. The van der Waals surface area contributed by atoms with Gasteiger partial charge in [0.1, 0.15) is 0 Å². The van der Waals surface area contributed by atoms with Gasteiger partial charge in [-0.2, -0.15) is 5.26 Å². The third kappa shape index (κ3) is 1.13. The first kappa shape index (κ1) is 8.94. The van der Waals surface area contributed by atoms with Crippen molar-refractivity contribution in [3.8, 4) is 6.07 Å². The summed E-state index contributed by atoms with van der Waals surface area (Å²) in [7, 11) is 0. The Morgan fingerprint density at radius 2 is 2.33 bits per heavy atom. The number of nitriles is 1. The van der Waals surface area contributed by atoms with Crippen LogP contribution in [0.1, 0.15) is 30.4 Å². The highest BCUT2D eigenvalue weighted by atomic mass is 16.3. The third-order valence-corrected chi connectivity index (χ3v) is 4.05. The van der Waals surface area contributed by atoms with Crippen LogP contribution in [0, 0.1) is 17.2 Å². The van der Waals surface area contributed by atoms with Crippen molar-refractivity contribution in [2.45, 2.75) is 30.8 Å². The van der Waals surface area contributed by atoms with Gasteiger partial charge in [-0.25, -0.2) is 0 Å². The smallest absolute Gasteiger partial charge is 0.0991 e. The second-order valence-electron chi connectivity index (χ2n) is 4.77. The summed E-state index contributed by atoms with van der Waals surface area (Å²) >= 11 is 0. The van der Waals surface area contributed by atoms with Gasteiger partial charge in [0.25, 0.3) is 0 Å². The SMILES string of the molecule is N#Cc1cccc(C23CCC(O)C2C3)c1. The molecule has 0 bridgehead atoms. The van der Waals surface area contributed by atoms with Gasteiger partial charge in [0.15, 0.2) is 0 Å². The molecule has 0 amide bonds. The molecule has 0 saturated heterocycles. The van der Waals surface area contributed by atoms with Gasteiger partial charge in [0.2, 0.25) is 0 Å². The summed E-state index contributed by atoms with van der Waals surface area (Å²) in [6, 6.07) is 10.0. The minimum atomic E-state index is -0.115. The molecule has 2 saturated carbocycles. The van der Waals surface area contributed by atoms with Crippen LogP contribution in [0.25, 0.3) is 0 Å². The molecule has 3 rings (SSSR count). The van der Waals surface area contributed by atoms with E-state index in [4.69, 9.17) is 5.26 Å². The van der Waals surface area contributed by atoms with Crippen molar-refractivity contribution in [3.05, 3.63) is 35.4 Å². The van der Waals surface area contributed by atoms with Gasteiger partial charge < -0.3 is 5.11 Å². The maximum Gasteiger partial charge on any atom is 0.0991 e. The van der Waals surface area contributed by atoms with E-state index in [9.17, 15) is 5.11 Å². The van der Waals surface area contributed by atoms with E-state index < -0.39 is 0 Å². The van der Waals surface area contributed by atoms with E-state index >= 15 is 0 Å². The van der Waals surface area contributed by atoms with Crippen LogP contribution in [0.2, 0.25) is 0 Å². The van der Waals surface area contributed by atoms with E-state index in [1.807, 2.05) is 18.2 Å². The highest BCUT2D eigenvalue weighted by Crippen LogP contribution is 2.64. The number of fused-ring (bicyclic) bond motifs is 1. The molecule has 2 aliphatic carbocycles. The quantitative estimate of drug-likeness (QED) is 0.751. The largest absolute Gasteiger partial charge is 0.393 e. The first-order valence-corrected chi connectivity index (χ1v) is 5.45. The Bertz CT molecular complexity index is 448. The number of rotatable bonds is 1. The lowest BCUT2D eigenvalue weighted by atomic mass is 9.92. The Hall–Kier alpha value is -1.33. The van der Waals surface area contributed by atoms with Gasteiger partial charge in [-0.15, -0.1) is 0 Å². The standard InChI is InChI=1S/C13H13NO/c14-8-9-2-1-3-10(6-9)13-5-4-12(15)11(13)7-13/h1-3,6,11-12,15H,4-5,7H2. The van der Waals surface area contributed by atoms with E-state index in [2.05, 4.69) is 12.1 Å². The summed E-state index contributed by atoms with van der Waals surface area (Å²) in [5, 5.41) is 18.6. The van der Waals surface area contributed by atoms with Gasteiger partial charge >= 0.3 is 0 Å². The molecule has 0 heterocycles. The fourth-order valence-electron chi connectivity index (χ4n) is 3.11. The Balaban J connectivity index is 1.98. The summed E-state index contributed by atoms with van der Waals surface area (Å²) in [4.78, 5) is 0. The summed E-state index contributed by atoms with van der Waals surface area (Å²) in [5.41, 5.74) is 2.20. The number of nitrogens with zero attached hydrogens (tertiary/aromatic N) is 1. The molecule has 2 nitrogen and oxygen atoms in total. The Labute approximate surface area is 89.2 Å². The summed E-state index contributed by atoms with van der Waals surface area (Å²) in [6.45, 7) is 0. The molecular weight excluding hydrogens is 186 g/mol. The molecule has 1 aromatic rings. The minimum Gasteiger partial charge on any atom is -0.393 e. The zero-order valence-electron chi connectivity index (χ0n) is 8.48. The molecule has 0 spiro atoms. The maximum absolute atomic E-state index is 9.73. The van der Waals surface area contributed by atoms with Crippen LogP contribution in [0.3, 0.4) is 0 Å². The fourth-order valence-corrected chi connectivity index (χ4v) is 3.11. The van der Waals surface area contributed by atoms with Gasteiger partial charge in [0.05, 0.1) is 17.7 Å². The number of hydrogen-bond acceptors (Lipinski definition) is 2. The lowest BCUT2D eigenvalue weighted by molar-refractivity contribution is 0.159. The van der Waals surface area contributed by atoms with E-state index in [1.54, 1.807) is 0 Å². The molecule has 76 valence electrons. The first-order chi connectivity index (χ1) is 7.26. The number of benzene rings is 1. The van der Waals surface area contributed by atoms with Crippen molar-refractivity contribution >= 4 is 0 Å². The molecule has 1 aromatic carbocycles. The predicted octanol–water partition coefficient (Wildman–Crippen LogP) is 1.97. The predicted molar refractivity (Wildman–Crippen MR) is 56.2 cm³/mol. The van der Waals surface area contributed by atoms with Gasteiger partial charge in [-0.05, 0) is 42.9 Å². The van der Waals surface area contributed by atoms with Crippen LogP contribution in [-0.4, -0.2) is 11.2 Å². The fraction of sp³-hybridized carbons (Fsp3) is 0.462. The first-order valence-electron chi connectivity index (χ1n) is 5.45. The zero-order chi connectivity index (χ0) is 10.5. The molecule has 2 fully saturated rings. The van der Waals surface area contributed by atoms with E-state index in [0.717, 1.165) is 24.8 Å². The van der Waals surface area contributed by atoms with Crippen molar-refractivity contribution in [1.29, 1.82) is 5.26 Å². The van der Waals surface area contributed by atoms with Crippen LogP contribution >= 0.6 is 0 Å². The summed E-state index contributed by atoms with van der Waals surface area (Å²) in [6.07, 6.45) is 2.98. The zero-order valence-corrected chi connectivity index (χ0v) is 8.48. The van der Waals surface area contributed by atoms with Gasteiger partial charge in [-0.3, -0.25) is 0 Å². The Morgan fingerprint density at radius 3 is 2.93 bits per heavy atom. The van der Waals surface area contributed by atoms with E-state index in [0.29, 0.717) is 5.92 Å². The summed E-state index contributed by atoms with van der Waals surface area (Å²) < 4.78 is 0. The minimum absolute atomic E-state index is 0.115. The van der Waals surface area contributed by atoms with Crippen LogP contribution in [-0.2, 0) is 5.41 Å².